The summed E-state index contributed by atoms with van der Waals surface area (Å²) in [6, 6.07) is 0. The predicted octanol–water partition coefficient (Wildman–Crippen LogP) is 5.07. The van der Waals surface area contributed by atoms with E-state index in [0.29, 0.717) is 10.7 Å². The molecule has 3 heteroatoms. The molecule has 0 aromatic carbocycles. The van der Waals surface area contributed by atoms with Crippen molar-refractivity contribution in [3.8, 4) is 0 Å². The molecule has 4 atom stereocenters. The van der Waals surface area contributed by atoms with Crippen LogP contribution in [0.1, 0.15) is 47.0 Å². The first-order chi connectivity index (χ1) is 8.31. The van der Waals surface area contributed by atoms with Crippen molar-refractivity contribution in [1.29, 1.82) is 0 Å². The minimum absolute atomic E-state index is 0.0144. The number of hydrogen-bond acceptors (Lipinski definition) is 1. The second-order valence-corrected chi connectivity index (χ2v) is 8.39. The molecule has 1 aliphatic carbocycles. The van der Waals surface area contributed by atoms with Gasteiger partial charge in [-0.15, -0.1) is 0 Å². The van der Waals surface area contributed by atoms with Gasteiger partial charge in [0.1, 0.15) is 0 Å². The molecule has 0 amide bonds. The van der Waals surface area contributed by atoms with E-state index in [9.17, 15) is 0 Å². The van der Waals surface area contributed by atoms with Crippen LogP contribution in [0.5, 0.6) is 0 Å². The first-order valence-electron chi connectivity index (χ1n) is 6.86. The molecule has 18 heavy (non-hydrogen) atoms. The van der Waals surface area contributed by atoms with Crippen LogP contribution in [0.15, 0.2) is 11.6 Å². The second-order valence-electron chi connectivity index (χ2n) is 6.64. The largest absolute Gasteiger partial charge is 0.367 e. The fraction of sp³-hybridized carbons (Fsp3) is 0.867. The van der Waals surface area contributed by atoms with Crippen molar-refractivity contribution in [2.24, 2.45) is 11.3 Å². The van der Waals surface area contributed by atoms with Crippen molar-refractivity contribution in [3.05, 3.63) is 11.6 Å². The zero-order chi connectivity index (χ0) is 13.6. The summed E-state index contributed by atoms with van der Waals surface area (Å²) in [6.07, 6.45) is 6.13. The molecule has 0 spiro atoms. The Morgan fingerprint density at radius 2 is 2.06 bits per heavy atom. The number of fused-ring (bicyclic) bond motifs is 1. The Morgan fingerprint density at radius 1 is 1.39 bits per heavy atom. The SMILES string of the molecule is CC1=CC[C@@H]2C(C)(C)[C@@H](Br)CC[C@]2(C)O[C@H]1CBr. The number of hydrogen-bond donors (Lipinski definition) is 0. The van der Waals surface area contributed by atoms with Gasteiger partial charge in [0.05, 0.1) is 11.7 Å². The maximum atomic E-state index is 6.51. The Labute approximate surface area is 128 Å². The summed E-state index contributed by atoms with van der Waals surface area (Å²) in [6.45, 7) is 9.29. The third-order valence-electron chi connectivity index (χ3n) is 5.07. The fourth-order valence-electron chi connectivity index (χ4n) is 3.67. The minimum Gasteiger partial charge on any atom is -0.367 e. The Kier molecular flexibility index (Phi) is 4.36. The molecule has 0 saturated heterocycles. The van der Waals surface area contributed by atoms with Gasteiger partial charge in [0.2, 0.25) is 0 Å². The Morgan fingerprint density at radius 3 is 2.67 bits per heavy atom. The molecule has 104 valence electrons. The average molecular weight is 380 g/mol. The Hall–Kier alpha value is 0.660. The maximum Gasteiger partial charge on any atom is 0.0886 e. The minimum atomic E-state index is 0.0144. The smallest absolute Gasteiger partial charge is 0.0886 e. The van der Waals surface area contributed by atoms with Gasteiger partial charge < -0.3 is 4.74 Å². The van der Waals surface area contributed by atoms with Crippen LogP contribution in [-0.4, -0.2) is 21.9 Å². The van der Waals surface area contributed by atoms with E-state index in [1.807, 2.05) is 0 Å². The van der Waals surface area contributed by atoms with Crippen LogP contribution in [0.4, 0.5) is 0 Å². The molecule has 0 unspecified atom stereocenters. The Bertz CT molecular complexity index is 350. The predicted molar refractivity (Wildman–Crippen MR) is 84.7 cm³/mol. The quantitative estimate of drug-likeness (QED) is 0.456. The van der Waals surface area contributed by atoms with Crippen molar-refractivity contribution < 1.29 is 4.74 Å². The molecular weight excluding hydrogens is 356 g/mol. The van der Waals surface area contributed by atoms with Crippen LogP contribution in [0.2, 0.25) is 0 Å². The lowest BCUT2D eigenvalue weighted by molar-refractivity contribution is -0.143. The van der Waals surface area contributed by atoms with Crippen molar-refractivity contribution in [2.75, 3.05) is 5.33 Å². The van der Waals surface area contributed by atoms with E-state index in [0.717, 1.165) is 18.2 Å². The lowest BCUT2D eigenvalue weighted by Gasteiger charge is -2.52. The van der Waals surface area contributed by atoms with Crippen molar-refractivity contribution >= 4 is 31.9 Å². The first-order valence-corrected chi connectivity index (χ1v) is 8.89. The summed E-state index contributed by atoms with van der Waals surface area (Å²) in [5.41, 5.74) is 1.68. The van der Waals surface area contributed by atoms with Gasteiger partial charge in [-0.3, -0.25) is 0 Å². The van der Waals surface area contributed by atoms with Crippen molar-refractivity contribution in [1.82, 2.24) is 0 Å². The summed E-state index contributed by atoms with van der Waals surface area (Å²) in [4.78, 5) is 0.598. The van der Waals surface area contributed by atoms with Crippen LogP contribution in [0.25, 0.3) is 0 Å². The molecule has 0 N–H and O–H groups in total. The number of halogens is 2. The Balaban J connectivity index is 2.34. The average Bonchev–Trinajstić information content (AvgIpc) is 2.43. The van der Waals surface area contributed by atoms with Crippen LogP contribution in [0, 0.1) is 11.3 Å². The second kappa shape index (κ2) is 5.21. The van der Waals surface area contributed by atoms with E-state index in [1.54, 1.807) is 0 Å². The third kappa shape index (κ3) is 2.47. The zero-order valence-corrected chi connectivity index (χ0v) is 15.0. The highest BCUT2D eigenvalue weighted by Gasteiger charge is 2.52. The summed E-state index contributed by atoms with van der Waals surface area (Å²) in [5, 5.41) is 0.899. The normalized spacial score (nSPS) is 43.9. The van der Waals surface area contributed by atoms with Crippen LogP contribution < -0.4 is 0 Å². The van der Waals surface area contributed by atoms with Gasteiger partial charge >= 0.3 is 0 Å². The van der Waals surface area contributed by atoms with Gasteiger partial charge in [-0.05, 0) is 50.0 Å². The monoisotopic (exact) mass is 378 g/mol. The first kappa shape index (κ1) is 15.1. The number of alkyl halides is 2. The van der Waals surface area contributed by atoms with E-state index in [4.69, 9.17) is 4.74 Å². The number of allylic oxidation sites excluding steroid dienone is 1. The molecule has 1 saturated carbocycles. The van der Waals surface area contributed by atoms with Gasteiger partial charge in [-0.2, -0.15) is 0 Å². The van der Waals surface area contributed by atoms with Crippen LogP contribution in [-0.2, 0) is 4.74 Å². The van der Waals surface area contributed by atoms with Gasteiger partial charge in [0, 0.05) is 10.2 Å². The summed E-state index contributed by atoms with van der Waals surface area (Å²) in [7, 11) is 0. The maximum absolute atomic E-state index is 6.51. The molecule has 0 bridgehead atoms. The molecule has 0 aromatic rings. The van der Waals surface area contributed by atoms with Crippen molar-refractivity contribution in [2.45, 2.75) is 63.5 Å². The summed E-state index contributed by atoms with van der Waals surface area (Å²) >= 11 is 7.48. The highest BCUT2D eigenvalue weighted by molar-refractivity contribution is 9.09. The molecule has 1 nitrogen and oxygen atoms in total. The standard InChI is InChI=1S/C15H24Br2O/c1-10-5-6-12-14(2,3)13(17)7-8-15(12,4)18-11(10)9-16/h5,11-13H,6-9H2,1-4H3/t11-,12+,13-,15-/m0/s1. The summed E-state index contributed by atoms with van der Waals surface area (Å²) in [5.74, 6) is 0.585. The zero-order valence-electron chi connectivity index (χ0n) is 11.8. The highest BCUT2D eigenvalue weighted by Crippen LogP contribution is 2.53. The lowest BCUT2D eigenvalue weighted by Crippen LogP contribution is -2.53. The molecule has 1 aliphatic heterocycles. The molecule has 0 aromatic heterocycles. The lowest BCUT2D eigenvalue weighted by atomic mass is 9.60. The van der Waals surface area contributed by atoms with Gasteiger partial charge in [-0.1, -0.05) is 51.8 Å². The van der Waals surface area contributed by atoms with Gasteiger partial charge in [0.25, 0.3) is 0 Å². The molecule has 2 rings (SSSR count). The van der Waals surface area contributed by atoms with E-state index < -0.39 is 0 Å². The topological polar surface area (TPSA) is 9.23 Å². The molecule has 0 radical (unpaired) electrons. The van der Waals surface area contributed by atoms with E-state index in [-0.39, 0.29) is 17.1 Å². The fourth-order valence-corrected chi connectivity index (χ4v) is 4.86. The molecule has 1 heterocycles. The number of ether oxygens (including phenoxy) is 1. The highest BCUT2D eigenvalue weighted by atomic mass is 79.9. The van der Waals surface area contributed by atoms with E-state index >= 15 is 0 Å². The van der Waals surface area contributed by atoms with Crippen LogP contribution in [0.3, 0.4) is 0 Å². The molecule has 2 aliphatic rings. The molecule has 1 fully saturated rings. The van der Waals surface area contributed by atoms with Gasteiger partial charge in [-0.25, -0.2) is 0 Å². The number of rotatable bonds is 1. The third-order valence-corrected chi connectivity index (χ3v) is 7.30. The molecular formula is C15H24Br2O. The summed E-state index contributed by atoms with van der Waals surface area (Å²) < 4.78 is 6.51. The van der Waals surface area contributed by atoms with Gasteiger partial charge in [0.15, 0.2) is 0 Å². The van der Waals surface area contributed by atoms with E-state index in [2.05, 4.69) is 65.6 Å². The van der Waals surface area contributed by atoms with Crippen molar-refractivity contribution in [3.63, 3.8) is 0 Å². The van der Waals surface area contributed by atoms with E-state index in [1.165, 1.54) is 12.0 Å². The van der Waals surface area contributed by atoms with Crippen LogP contribution >= 0.6 is 31.9 Å².